The van der Waals surface area contributed by atoms with Crippen LogP contribution in [0.4, 0.5) is 0 Å². The van der Waals surface area contributed by atoms with E-state index in [2.05, 4.69) is 25.1 Å². The minimum Gasteiger partial charge on any atom is -0.493 e. The maximum atomic E-state index is 6.26. The van der Waals surface area contributed by atoms with Gasteiger partial charge in [-0.1, -0.05) is 44.4 Å². The predicted molar refractivity (Wildman–Crippen MR) is 76.0 cm³/mol. The molecule has 0 saturated carbocycles. The molecule has 0 aliphatic carbocycles. The summed E-state index contributed by atoms with van der Waals surface area (Å²) in [7, 11) is 0. The molecule has 2 unspecified atom stereocenters. The van der Waals surface area contributed by atoms with Crippen LogP contribution in [0.1, 0.15) is 56.9 Å². The molecule has 2 N–H and O–H groups in total. The van der Waals surface area contributed by atoms with Crippen molar-refractivity contribution in [3.63, 3.8) is 0 Å². The van der Waals surface area contributed by atoms with Gasteiger partial charge in [-0.25, -0.2) is 0 Å². The first-order valence-corrected chi connectivity index (χ1v) is 7.28. The Morgan fingerprint density at radius 2 is 2.17 bits per heavy atom. The molecule has 1 aliphatic rings. The Morgan fingerprint density at radius 3 is 3.00 bits per heavy atom. The Hall–Kier alpha value is -1.02. The van der Waals surface area contributed by atoms with E-state index in [-0.39, 0.29) is 0 Å². The number of ether oxygens (including phenoxy) is 1. The first kappa shape index (κ1) is 13.4. The van der Waals surface area contributed by atoms with Crippen LogP contribution in [0.3, 0.4) is 0 Å². The van der Waals surface area contributed by atoms with Gasteiger partial charge in [0.2, 0.25) is 0 Å². The van der Waals surface area contributed by atoms with E-state index in [0.29, 0.717) is 12.0 Å². The highest BCUT2D eigenvalue weighted by Crippen LogP contribution is 2.36. The van der Waals surface area contributed by atoms with E-state index in [0.717, 1.165) is 31.6 Å². The largest absolute Gasteiger partial charge is 0.493 e. The number of unbranched alkanes of at least 4 members (excludes halogenated alkanes) is 2. The second kappa shape index (κ2) is 6.79. The quantitative estimate of drug-likeness (QED) is 0.775. The van der Waals surface area contributed by atoms with E-state index >= 15 is 0 Å². The highest BCUT2D eigenvalue weighted by atomic mass is 16.5. The van der Waals surface area contributed by atoms with Gasteiger partial charge in [-0.2, -0.15) is 0 Å². The first-order chi connectivity index (χ1) is 8.81. The van der Waals surface area contributed by atoms with Gasteiger partial charge in [0.1, 0.15) is 5.75 Å². The van der Waals surface area contributed by atoms with Crippen molar-refractivity contribution in [1.82, 2.24) is 0 Å². The second-order valence-corrected chi connectivity index (χ2v) is 5.36. The third kappa shape index (κ3) is 3.49. The standard InChI is InChI=1S/C16H25NO/c1-2-3-4-7-14(17)12-13-10-11-18-16-9-6-5-8-15(13)16/h5-6,8-9,13-14H,2-4,7,10-12,17H2,1H3. The topological polar surface area (TPSA) is 35.2 Å². The van der Waals surface area contributed by atoms with Crippen molar-refractivity contribution in [2.24, 2.45) is 5.73 Å². The maximum absolute atomic E-state index is 6.26. The van der Waals surface area contributed by atoms with Crippen molar-refractivity contribution in [3.8, 4) is 5.75 Å². The van der Waals surface area contributed by atoms with Gasteiger partial charge in [-0.3, -0.25) is 0 Å². The monoisotopic (exact) mass is 247 g/mol. The Morgan fingerprint density at radius 1 is 1.33 bits per heavy atom. The lowest BCUT2D eigenvalue weighted by Gasteiger charge is -2.27. The zero-order chi connectivity index (χ0) is 12.8. The number of benzene rings is 1. The molecule has 1 aromatic carbocycles. The zero-order valence-corrected chi connectivity index (χ0v) is 11.4. The lowest BCUT2D eigenvalue weighted by molar-refractivity contribution is 0.257. The third-order valence-electron chi connectivity index (χ3n) is 3.85. The van der Waals surface area contributed by atoms with Crippen LogP contribution < -0.4 is 10.5 Å². The SMILES string of the molecule is CCCCCC(N)CC1CCOc2ccccc21. The van der Waals surface area contributed by atoms with Crippen molar-refractivity contribution < 1.29 is 4.74 Å². The minimum atomic E-state index is 0.340. The summed E-state index contributed by atoms with van der Waals surface area (Å²) >= 11 is 0. The van der Waals surface area contributed by atoms with Crippen LogP contribution in [0.15, 0.2) is 24.3 Å². The second-order valence-electron chi connectivity index (χ2n) is 5.36. The average Bonchev–Trinajstić information content (AvgIpc) is 2.39. The van der Waals surface area contributed by atoms with Gasteiger partial charge in [0.05, 0.1) is 6.61 Å². The first-order valence-electron chi connectivity index (χ1n) is 7.28. The molecule has 0 saturated heterocycles. The summed E-state index contributed by atoms with van der Waals surface area (Å²) < 4.78 is 5.69. The summed E-state index contributed by atoms with van der Waals surface area (Å²) in [6, 6.07) is 8.75. The van der Waals surface area contributed by atoms with Gasteiger partial charge in [0, 0.05) is 6.04 Å². The number of nitrogens with two attached hydrogens (primary N) is 1. The van der Waals surface area contributed by atoms with Crippen LogP contribution in [0.5, 0.6) is 5.75 Å². The average molecular weight is 247 g/mol. The molecule has 1 aromatic rings. The molecular formula is C16H25NO. The van der Waals surface area contributed by atoms with Crippen molar-refractivity contribution >= 4 is 0 Å². The van der Waals surface area contributed by atoms with Crippen LogP contribution in [0, 0.1) is 0 Å². The normalized spacial score (nSPS) is 20.0. The van der Waals surface area contributed by atoms with Crippen molar-refractivity contribution in [2.45, 2.75) is 57.4 Å². The summed E-state index contributed by atoms with van der Waals surface area (Å²) in [4.78, 5) is 0. The number of fused-ring (bicyclic) bond motifs is 1. The predicted octanol–water partition coefficient (Wildman–Crippen LogP) is 3.85. The van der Waals surface area contributed by atoms with E-state index in [1.165, 1.54) is 24.8 Å². The van der Waals surface area contributed by atoms with Crippen LogP contribution in [-0.4, -0.2) is 12.6 Å². The van der Waals surface area contributed by atoms with Gasteiger partial charge in [0.15, 0.2) is 0 Å². The molecule has 2 heteroatoms. The van der Waals surface area contributed by atoms with Crippen LogP contribution in [-0.2, 0) is 0 Å². The number of hydrogen-bond donors (Lipinski definition) is 1. The molecule has 0 spiro atoms. The number of hydrogen-bond acceptors (Lipinski definition) is 2. The van der Waals surface area contributed by atoms with Crippen molar-refractivity contribution in [2.75, 3.05) is 6.61 Å². The van der Waals surface area contributed by atoms with Crippen molar-refractivity contribution in [1.29, 1.82) is 0 Å². The van der Waals surface area contributed by atoms with E-state index in [1.54, 1.807) is 0 Å². The van der Waals surface area contributed by atoms with Gasteiger partial charge >= 0.3 is 0 Å². The highest BCUT2D eigenvalue weighted by Gasteiger charge is 2.22. The molecule has 0 aromatic heterocycles. The Balaban J connectivity index is 1.90. The number of para-hydroxylation sites is 1. The molecule has 0 bridgehead atoms. The van der Waals surface area contributed by atoms with Gasteiger partial charge in [-0.15, -0.1) is 0 Å². The summed E-state index contributed by atoms with van der Waals surface area (Å²) in [5.41, 5.74) is 7.62. The van der Waals surface area contributed by atoms with Crippen LogP contribution in [0.2, 0.25) is 0 Å². The molecular weight excluding hydrogens is 222 g/mol. The lowest BCUT2D eigenvalue weighted by atomic mass is 9.86. The fourth-order valence-electron chi connectivity index (χ4n) is 2.80. The Bertz CT molecular complexity index is 364. The maximum Gasteiger partial charge on any atom is 0.122 e. The van der Waals surface area contributed by atoms with Gasteiger partial charge < -0.3 is 10.5 Å². The molecule has 0 amide bonds. The Labute approximate surface area is 111 Å². The lowest BCUT2D eigenvalue weighted by Crippen LogP contribution is -2.25. The van der Waals surface area contributed by atoms with Crippen molar-refractivity contribution in [3.05, 3.63) is 29.8 Å². The van der Waals surface area contributed by atoms with Gasteiger partial charge in [-0.05, 0) is 36.8 Å². The van der Waals surface area contributed by atoms with E-state index in [9.17, 15) is 0 Å². The molecule has 0 fully saturated rings. The van der Waals surface area contributed by atoms with E-state index in [1.807, 2.05) is 6.07 Å². The highest BCUT2D eigenvalue weighted by molar-refractivity contribution is 5.37. The van der Waals surface area contributed by atoms with Crippen LogP contribution >= 0.6 is 0 Å². The molecule has 2 atom stereocenters. The molecule has 1 heterocycles. The summed E-state index contributed by atoms with van der Waals surface area (Å²) in [5, 5.41) is 0. The fourth-order valence-corrected chi connectivity index (χ4v) is 2.80. The molecule has 1 aliphatic heterocycles. The summed E-state index contributed by atoms with van der Waals surface area (Å²) in [6.45, 7) is 3.07. The molecule has 2 nitrogen and oxygen atoms in total. The molecule has 0 radical (unpaired) electrons. The molecule has 2 rings (SSSR count). The summed E-state index contributed by atoms with van der Waals surface area (Å²) in [6.07, 6.45) is 7.21. The number of rotatable bonds is 6. The smallest absolute Gasteiger partial charge is 0.122 e. The fraction of sp³-hybridized carbons (Fsp3) is 0.625. The van der Waals surface area contributed by atoms with E-state index < -0.39 is 0 Å². The minimum absolute atomic E-state index is 0.340. The third-order valence-corrected chi connectivity index (χ3v) is 3.85. The van der Waals surface area contributed by atoms with Gasteiger partial charge in [0.25, 0.3) is 0 Å². The van der Waals surface area contributed by atoms with Crippen LogP contribution in [0.25, 0.3) is 0 Å². The zero-order valence-electron chi connectivity index (χ0n) is 11.4. The van der Waals surface area contributed by atoms with E-state index in [4.69, 9.17) is 10.5 Å². The Kier molecular flexibility index (Phi) is 5.06. The molecule has 100 valence electrons. The molecule has 18 heavy (non-hydrogen) atoms. The summed E-state index contributed by atoms with van der Waals surface area (Å²) in [5.74, 6) is 1.65.